The summed E-state index contributed by atoms with van der Waals surface area (Å²) in [6.45, 7) is 1.33. The third-order valence-electron chi connectivity index (χ3n) is 2.20. The summed E-state index contributed by atoms with van der Waals surface area (Å²) in [6, 6.07) is 4.59. The lowest BCUT2D eigenvalue weighted by Crippen LogP contribution is -2.40. The Kier molecular flexibility index (Phi) is 4.92. The molecule has 3 N–H and O–H groups in total. The largest absolute Gasteiger partial charge is 0.394 e. The minimum atomic E-state index is -0.614. The summed E-state index contributed by atoms with van der Waals surface area (Å²) in [5.41, 5.74) is 1.46. The second kappa shape index (κ2) is 5.98. The Morgan fingerprint density at radius 2 is 2.06 bits per heavy atom. The number of nitrogens with one attached hydrogen (secondary N) is 1. The Labute approximate surface area is 102 Å². The average Bonchev–Trinajstić information content (AvgIpc) is 2.29. The smallest absolute Gasteiger partial charge is 0.251 e. The number of aliphatic hydroxyl groups excluding tert-OH is 2. The number of hydrogen-bond acceptors (Lipinski definition) is 3. The van der Waals surface area contributed by atoms with Crippen LogP contribution in [-0.4, -0.2) is 35.4 Å². The number of carbonyl (C=O) groups is 1. The van der Waals surface area contributed by atoms with Gasteiger partial charge in [-0.05, 0) is 30.7 Å². The summed E-state index contributed by atoms with van der Waals surface area (Å²) in [6.07, 6.45) is 0. The molecule has 0 unspecified atom stereocenters. The van der Waals surface area contributed by atoms with Gasteiger partial charge in [0.25, 0.3) is 5.91 Å². The molecule has 0 aromatic heterocycles. The van der Waals surface area contributed by atoms with Gasteiger partial charge in [-0.2, -0.15) is 0 Å². The maximum absolute atomic E-state index is 11.7. The summed E-state index contributed by atoms with van der Waals surface area (Å²) < 4.78 is 0.935. The van der Waals surface area contributed by atoms with E-state index in [0.717, 1.165) is 10.0 Å². The molecule has 1 rings (SSSR count). The molecule has 0 fully saturated rings. The normalized spacial score (nSPS) is 10.6. The van der Waals surface area contributed by atoms with Crippen molar-refractivity contribution in [2.24, 2.45) is 0 Å². The Morgan fingerprint density at radius 1 is 1.44 bits per heavy atom. The van der Waals surface area contributed by atoms with E-state index in [0.29, 0.717) is 5.56 Å². The molecule has 0 bridgehead atoms. The maximum Gasteiger partial charge on any atom is 0.251 e. The van der Waals surface area contributed by atoms with E-state index in [4.69, 9.17) is 10.2 Å². The lowest BCUT2D eigenvalue weighted by molar-refractivity contribution is 0.0879. The summed E-state index contributed by atoms with van der Waals surface area (Å²) >= 11 is 3.34. The van der Waals surface area contributed by atoms with Crippen LogP contribution in [0.1, 0.15) is 15.9 Å². The Morgan fingerprint density at radius 3 is 2.56 bits per heavy atom. The molecule has 0 spiro atoms. The van der Waals surface area contributed by atoms with Gasteiger partial charge < -0.3 is 15.5 Å². The van der Waals surface area contributed by atoms with Gasteiger partial charge in [0.2, 0.25) is 0 Å². The molecule has 1 amide bonds. The van der Waals surface area contributed by atoms with Crippen LogP contribution < -0.4 is 5.32 Å². The van der Waals surface area contributed by atoms with Crippen LogP contribution in [0.4, 0.5) is 0 Å². The van der Waals surface area contributed by atoms with E-state index in [9.17, 15) is 4.79 Å². The van der Waals surface area contributed by atoms with E-state index >= 15 is 0 Å². The van der Waals surface area contributed by atoms with Crippen molar-refractivity contribution < 1.29 is 15.0 Å². The molecular formula is C11H14BrNO3. The molecule has 1 aromatic carbocycles. The van der Waals surface area contributed by atoms with E-state index < -0.39 is 6.04 Å². The molecular weight excluding hydrogens is 274 g/mol. The molecule has 0 saturated carbocycles. The second-order valence-electron chi connectivity index (χ2n) is 3.50. The summed E-state index contributed by atoms with van der Waals surface area (Å²) in [7, 11) is 0. The Hall–Kier alpha value is -0.910. The quantitative estimate of drug-likeness (QED) is 0.769. The number of benzene rings is 1. The first-order valence-corrected chi connectivity index (χ1v) is 5.66. The van der Waals surface area contributed by atoms with Crippen LogP contribution >= 0.6 is 15.9 Å². The van der Waals surface area contributed by atoms with Crippen molar-refractivity contribution in [3.05, 3.63) is 33.8 Å². The van der Waals surface area contributed by atoms with Gasteiger partial charge in [-0.15, -0.1) is 0 Å². The number of hydrogen-bond donors (Lipinski definition) is 3. The van der Waals surface area contributed by atoms with E-state index in [2.05, 4.69) is 21.2 Å². The van der Waals surface area contributed by atoms with Crippen molar-refractivity contribution >= 4 is 21.8 Å². The Bertz CT molecular complexity index is 377. The zero-order valence-electron chi connectivity index (χ0n) is 8.90. The molecule has 1 aromatic rings. The molecule has 5 heteroatoms. The molecule has 16 heavy (non-hydrogen) atoms. The summed E-state index contributed by atoms with van der Waals surface area (Å²) in [5.74, 6) is -0.302. The minimum absolute atomic E-state index is 0.280. The zero-order chi connectivity index (χ0) is 12.1. The van der Waals surface area contributed by atoms with E-state index in [-0.39, 0.29) is 19.1 Å². The molecule has 0 radical (unpaired) electrons. The van der Waals surface area contributed by atoms with E-state index in [1.165, 1.54) is 0 Å². The molecule has 4 nitrogen and oxygen atoms in total. The fraction of sp³-hybridized carbons (Fsp3) is 0.364. The van der Waals surface area contributed by atoms with Gasteiger partial charge in [0.15, 0.2) is 0 Å². The first-order chi connectivity index (χ1) is 7.58. The summed E-state index contributed by atoms with van der Waals surface area (Å²) in [4.78, 5) is 11.7. The maximum atomic E-state index is 11.7. The third-order valence-corrected chi connectivity index (χ3v) is 3.09. The first kappa shape index (κ1) is 13.2. The number of halogens is 1. The lowest BCUT2D eigenvalue weighted by atomic mass is 10.1. The van der Waals surface area contributed by atoms with Gasteiger partial charge in [-0.1, -0.05) is 15.9 Å². The lowest BCUT2D eigenvalue weighted by Gasteiger charge is -2.13. The standard InChI is InChI=1S/C11H14BrNO3/c1-7-4-8(2-3-10(7)12)11(16)13-9(5-14)6-15/h2-4,9,14-15H,5-6H2,1H3,(H,13,16). The van der Waals surface area contributed by atoms with Crippen LogP contribution in [0.2, 0.25) is 0 Å². The molecule has 0 heterocycles. The second-order valence-corrected chi connectivity index (χ2v) is 4.35. The topological polar surface area (TPSA) is 69.6 Å². The van der Waals surface area contributed by atoms with Crippen LogP contribution in [-0.2, 0) is 0 Å². The van der Waals surface area contributed by atoms with Crippen LogP contribution in [0.3, 0.4) is 0 Å². The number of aliphatic hydroxyl groups is 2. The predicted octanol–water partition coefficient (Wildman–Crippen LogP) is 0.841. The SMILES string of the molecule is Cc1cc(C(=O)NC(CO)CO)ccc1Br. The fourth-order valence-corrected chi connectivity index (χ4v) is 1.45. The number of carbonyl (C=O) groups excluding carboxylic acids is 1. The van der Waals surface area contributed by atoms with E-state index in [1.54, 1.807) is 18.2 Å². The third kappa shape index (κ3) is 3.30. The van der Waals surface area contributed by atoms with Gasteiger partial charge in [-0.3, -0.25) is 4.79 Å². The highest BCUT2D eigenvalue weighted by molar-refractivity contribution is 9.10. The van der Waals surface area contributed by atoms with E-state index in [1.807, 2.05) is 6.92 Å². The molecule has 0 aliphatic carbocycles. The fourth-order valence-electron chi connectivity index (χ4n) is 1.20. The van der Waals surface area contributed by atoms with Gasteiger partial charge in [-0.25, -0.2) is 0 Å². The van der Waals surface area contributed by atoms with Crippen LogP contribution in [0.15, 0.2) is 22.7 Å². The van der Waals surface area contributed by atoms with Crippen molar-refractivity contribution in [2.45, 2.75) is 13.0 Å². The molecule has 0 atom stereocenters. The van der Waals surface area contributed by atoms with Crippen molar-refractivity contribution in [1.29, 1.82) is 0 Å². The van der Waals surface area contributed by atoms with Gasteiger partial charge in [0, 0.05) is 10.0 Å². The van der Waals surface area contributed by atoms with Gasteiger partial charge in [0.1, 0.15) is 0 Å². The minimum Gasteiger partial charge on any atom is -0.394 e. The highest BCUT2D eigenvalue weighted by Gasteiger charge is 2.12. The monoisotopic (exact) mass is 287 g/mol. The predicted molar refractivity (Wildman–Crippen MR) is 64.3 cm³/mol. The highest BCUT2D eigenvalue weighted by Crippen LogP contribution is 2.16. The van der Waals surface area contributed by atoms with Crippen LogP contribution in [0.25, 0.3) is 0 Å². The van der Waals surface area contributed by atoms with Crippen LogP contribution in [0, 0.1) is 6.92 Å². The average molecular weight is 288 g/mol. The number of aryl methyl sites for hydroxylation is 1. The number of rotatable bonds is 4. The van der Waals surface area contributed by atoms with Crippen molar-refractivity contribution in [3.8, 4) is 0 Å². The Balaban J connectivity index is 2.76. The molecule has 0 aliphatic heterocycles. The molecule has 0 saturated heterocycles. The summed E-state index contributed by atoms with van der Waals surface area (Å²) in [5, 5.41) is 20.2. The number of amides is 1. The van der Waals surface area contributed by atoms with Crippen molar-refractivity contribution in [2.75, 3.05) is 13.2 Å². The van der Waals surface area contributed by atoms with Gasteiger partial charge in [0.05, 0.1) is 19.3 Å². The van der Waals surface area contributed by atoms with Crippen LogP contribution in [0.5, 0.6) is 0 Å². The van der Waals surface area contributed by atoms with Gasteiger partial charge >= 0.3 is 0 Å². The first-order valence-electron chi connectivity index (χ1n) is 4.87. The molecule has 88 valence electrons. The van der Waals surface area contributed by atoms with Crippen molar-refractivity contribution in [1.82, 2.24) is 5.32 Å². The highest BCUT2D eigenvalue weighted by atomic mass is 79.9. The van der Waals surface area contributed by atoms with Crippen molar-refractivity contribution in [3.63, 3.8) is 0 Å². The zero-order valence-corrected chi connectivity index (χ0v) is 10.5. The molecule has 0 aliphatic rings.